The number of rotatable bonds is 5. The predicted octanol–water partition coefficient (Wildman–Crippen LogP) is 3.86. The number of fused-ring (bicyclic) bond motifs is 1. The fourth-order valence-corrected chi connectivity index (χ4v) is 4.92. The van der Waals surface area contributed by atoms with Crippen LogP contribution in [0.15, 0.2) is 23.1 Å². The van der Waals surface area contributed by atoms with E-state index in [1.807, 2.05) is 0 Å². The number of carbonyl (C=O) groups is 2. The molecule has 4 nitrogen and oxygen atoms in total. The van der Waals surface area contributed by atoms with Crippen molar-refractivity contribution >= 4 is 51.5 Å². The van der Waals surface area contributed by atoms with Crippen molar-refractivity contribution in [1.29, 1.82) is 0 Å². The van der Waals surface area contributed by atoms with Crippen molar-refractivity contribution in [3.05, 3.63) is 45.0 Å². The molecule has 126 valence electrons. The van der Waals surface area contributed by atoms with Gasteiger partial charge in [-0.05, 0) is 43.0 Å². The SMILES string of the molecule is NC(=O)c1c(NC(=O)CSc2ccc(F)c(Cl)c2)sc2c1CCC2. The fourth-order valence-electron chi connectivity index (χ4n) is 2.63. The summed E-state index contributed by atoms with van der Waals surface area (Å²) in [6.07, 6.45) is 2.75. The van der Waals surface area contributed by atoms with Crippen LogP contribution < -0.4 is 11.1 Å². The van der Waals surface area contributed by atoms with Crippen LogP contribution in [0.3, 0.4) is 0 Å². The number of nitrogens with two attached hydrogens (primary N) is 1. The summed E-state index contributed by atoms with van der Waals surface area (Å²) in [5, 5.41) is 3.31. The van der Waals surface area contributed by atoms with Gasteiger partial charge in [-0.3, -0.25) is 9.59 Å². The maximum atomic E-state index is 13.1. The molecule has 1 aliphatic rings. The first kappa shape index (κ1) is 17.3. The molecule has 1 aromatic heterocycles. The molecular weight excluding hydrogens is 371 g/mol. The molecule has 0 atom stereocenters. The zero-order valence-electron chi connectivity index (χ0n) is 12.5. The Labute approximate surface area is 151 Å². The fraction of sp³-hybridized carbons (Fsp3) is 0.250. The number of halogens is 2. The van der Waals surface area contributed by atoms with Gasteiger partial charge in [-0.25, -0.2) is 4.39 Å². The van der Waals surface area contributed by atoms with Crippen LogP contribution in [0.1, 0.15) is 27.2 Å². The minimum atomic E-state index is -0.511. The first-order valence-corrected chi connectivity index (χ1v) is 9.45. The molecular formula is C16H14ClFN2O2S2. The number of carbonyl (C=O) groups excluding carboxylic acids is 2. The average Bonchev–Trinajstić information content (AvgIpc) is 3.08. The summed E-state index contributed by atoms with van der Waals surface area (Å²) in [7, 11) is 0. The number of nitrogens with one attached hydrogen (secondary N) is 1. The molecule has 2 amide bonds. The quantitative estimate of drug-likeness (QED) is 0.769. The van der Waals surface area contributed by atoms with Gasteiger partial charge in [-0.2, -0.15) is 0 Å². The Hall–Kier alpha value is -1.57. The van der Waals surface area contributed by atoms with E-state index in [2.05, 4.69) is 5.32 Å². The molecule has 1 aromatic carbocycles. The molecule has 0 fully saturated rings. The Kier molecular flexibility index (Phi) is 5.12. The van der Waals surface area contributed by atoms with E-state index >= 15 is 0 Å². The molecule has 0 saturated carbocycles. The summed E-state index contributed by atoms with van der Waals surface area (Å²) in [5.41, 5.74) is 6.88. The minimum Gasteiger partial charge on any atom is -0.365 e. The highest BCUT2D eigenvalue weighted by Gasteiger charge is 2.26. The van der Waals surface area contributed by atoms with Crippen LogP contribution >= 0.6 is 34.7 Å². The highest BCUT2D eigenvalue weighted by atomic mass is 35.5. The molecule has 2 aromatic rings. The summed E-state index contributed by atoms with van der Waals surface area (Å²) in [6, 6.07) is 4.30. The zero-order chi connectivity index (χ0) is 17.3. The lowest BCUT2D eigenvalue weighted by Gasteiger charge is -2.06. The van der Waals surface area contributed by atoms with E-state index in [-0.39, 0.29) is 16.7 Å². The molecule has 3 rings (SSSR count). The number of thiophene rings is 1. The van der Waals surface area contributed by atoms with Crippen LogP contribution in [0.5, 0.6) is 0 Å². The van der Waals surface area contributed by atoms with E-state index < -0.39 is 11.7 Å². The summed E-state index contributed by atoms with van der Waals surface area (Å²) < 4.78 is 13.1. The molecule has 8 heteroatoms. The maximum Gasteiger partial charge on any atom is 0.251 e. The lowest BCUT2D eigenvalue weighted by Crippen LogP contribution is -2.18. The van der Waals surface area contributed by atoms with Gasteiger partial charge in [0.15, 0.2) is 0 Å². The van der Waals surface area contributed by atoms with Gasteiger partial charge in [0.25, 0.3) is 5.91 Å². The molecule has 0 bridgehead atoms. The number of benzene rings is 1. The second-order valence-corrected chi connectivity index (χ2v) is 7.90. The predicted molar refractivity (Wildman–Crippen MR) is 95.6 cm³/mol. The van der Waals surface area contributed by atoms with E-state index in [1.54, 1.807) is 6.07 Å². The first-order chi connectivity index (χ1) is 11.5. The number of hydrogen-bond acceptors (Lipinski definition) is 4. The Balaban J connectivity index is 1.67. The van der Waals surface area contributed by atoms with Crippen molar-refractivity contribution in [3.63, 3.8) is 0 Å². The third-order valence-corrected chi connectivity index (χ3v) is 6.17. The van der Waals surface area contributed by atoms with Crippen molar-refractivity contribution in [1.82, 2.24) is 0 Å². The third kappa shape index (κ3) is 3.58. The third-order valence-electron chi connectivity index (χ3n) is 3.68. The highest BCUT2D eigenvalue weighted by molar-refractivity contribution is 8.00. The van der Waals surface area contributed by atoms with Crippen molar-refractivity contribution < 1.29 is 14.0 Å². The normalized spacial score (nSPS) is 12.9. The van der Waals surface area contributed by atoms with Gasteiger partial charge in [0.05, 0.1) is 16.3 Å². The van der Waals surface area contributed by atoms with Gasteiger partial charge in [0.1, 0.15) is 10.8 Å². The number of anilines is 1. The summed E-state index contributed by atoms with van der Waals surface area (Å²) in [5.74, 6) is -1.13. The van der Waals surface area contributed by atoms with Crippen molar-refractivity contribution in [2.24, 2.45) is 5.73 Å². The first-order valence-electron chi connectivity index (χ1n) is 7.27. The second kappa shape index (κ2) is 7.13. The lowest BCUT2D eigenvalue weighted by molar-refractivity contribution is -0.113. The number of amides is 2. The Bertz CT molecular complexity index is 823. The summed E-state index contributed by atoms with van der Waals surface area (Å²) >= 11 is 8.38. The molecule has 1 heterocycles. The second-order valence-electron chi connectivity index (χ2n) is 5.34. The largest absolute Gasteiger partial charge is 0.365 e. The highest BCUT2D eigenvalue weighted by Crippen LogP contribution is 2.39. The Morgan fingerprint density at radius 3 is 2.88 bits per heavy atom. The Morgan fingerprint density at radius 2 is 2.17 bits per heavy atom. The summed E-state index contributed by atoms with van der Waals surface area (Å²) in [6.45, 7) is 0. The van der Waals surface area contributed by atoms with Crippen LogP contribution in [0.25, 0.3) is 0 Å². The van der Waals surface area contributed by atoms with Crippen LogP contribution in [0.4, 0.5) is 9.39 Å². The van der Waals surface area contributed by atoms with Crippen molar-refractivity contribution in [2.75, 3.05) is 11.1 Å². The van der Waals surface area contributed by atoms with E-state index in [4.69, 9.17) is 17.3 Å². The van der Waals surface area contributed by atoms with Gasteiger partial charge in [-0.1, -0.05) is 11.6 Å². The van der Waals surface area contributed by atoms with Gasteiger partial charge >= 0.3 is 0 Å². The van der Waals surface area contributed by atoms with Crippen LogP contribution in [0.2, 0.25) is 5.02 Å². The van der Waals surface area contributed by atoms with Gasteiger partial charge < -0.3 is 11.1 Å². The van der Waals surface area contributed by atoms with E-state index in [9.17, 15) is 14.0 Å². The van der Waals surface area contributed by atoms with Crippen molar-refractivity contribution in [2.45, 2.75) is 24.2 Å². The number of thioether (sulfide) groups is 1. The van der Waals surface area contributed by atoms with Crippen molar-refractivity contribution in [3.8, 4) is 0 Å². The lowest BCUT2D eigenvalue weighted by atomic mass is 10.1. The molecule has 0 spiro atoms. The molecule has 0 unspecified atom stereocenters. The van der Waals surface area contributed by atoms with Gasteiger partial charge in [0, 0.05) is 9.77 Å². The van der Waals surface area contributed by atoms with Gasteiger partial charge in [0.2, 0.25) is 5.91 Å². The maximum absolute atomic E-state index is 13.1. The number of primary amides is 1. The molecule has 24 heavy (non-hydrogen) atoms. The Morgan fingerprint density at radius 1 is 1.38 bits per heavy atom. The number of aryl methyl sites for hydroxylation is 1. The standard InChI is InChI=1S/C16H14ClFN2O2S2/c17-10-6-8(4-5-11(10)18)23-7-13(21)20-16-14(15(19)22)9-2-1-3-12(9)24-16/h4-6H,1-3,7H2,(H2,19,22)(H,20,21). The molecule has 0 radical (unpaired) electrons. The zero-order valence-corrected chi connectivity index (χ0v) is 14.9. The van der Waals surface area contributed by atoms with Gasteiger partial charge in [-0.15, -0.1) is 23.1 Å². The van der Waals surface area contributed by atoms with Crippen LogP contribution in [-0.2, 0) is 17.6 Å². The van der Waals surface area contributed by atoms with Crippen LogP contribution in [0, 0.1) is 5.82 Å². The summed E-state index contributed by atoms with van der Waals surface area (Å²) in [4.78, 5) is 25.7. The average molecular weight is 385 g/mol. The topological polar surface area (TPSA) is 72.2 Å². The van der Waals surface area contributed by atoms with E-state index in [0.29, 0.717) is 15.5 Å². The minimum absolute atomic E-state index is 0.0195. The van der Waals surface area contributed by atoms with Crippen LogP contribution in [-0.4, -0.2) is 17.6 Å². The smallest absolute Gasteiger partial charge is 0.251 e. The monoisotopic (exact) mass is 384 g/mol. The van der Waals surface area contributed by atoms with E-state index in [0.717, 1.165) is 29.7 Å². The molecule has 0 aliphatic heterocycles. The number of hydrogen-bond donors (Lipinski definition) is 2. The van der Waals surface area contributed by atoms with E-state index in [1.165, 1.54) is 35.2 Å². The molecule has 3 N–H and O–H groups in total. The molecule has 1 aliphatic carbocycles. The molecule has 0 saturated heterocycles.